The minimum Gasteiger partial charge on any atom is -0.342 e. The number of carbonyl (C=O) groups is 1. The Bertz CT molecular complexity index is 246. The van der Waals surface area contributed by atoms with Crippen molar-refractivity contribution < 1.29 is 4.79 Å². The fraction of sp³-hybridized carbons (Fsp3) is 0.929. The standard InChI is InChI=1S/C14H26N2O.ClH/c1-16(14(17)12-9-10-15-11-12)13-7-5-3-2-4-6-8-13;/h12-13,15H,2-11H2,1H3;1H. The summed E-state index contributed by atoms with van der Waals surface area (Å²) in [4.78, 5) is 14.4. The Kier molecular flexibility index (Phi) is 7.02. The van der Waals surface area contributed by atoms with E-state index >= 15 is 0 Å². The molecule has 1 atom stereocenters. The van der Waals surface area contributed by atoms with Gasteiger partial charge in [-0.3, -0.25) is 4.79 Å². The van der Waals surface area contributed by atoms with Crippen LogP contribution in [0.4, 0.5) is 0 Å². The zero-order valence-electron chi connectivity index (χ0n) is 11.5. The molecule has 1 saturated heterocycles. The number of nitrogens with one attached hydrogen (secondary N) is 1. The van der Waals surface area contributed by atoms with Crippen LogP contribution in [0, 0.1) is 5.92 Å². The fourth-order valence-electron chi connectivity index (χ4n) is 3.16. The van der Waals surface area contributed by atoms with Crippen molar-refractivity contribution in [3.63, 3.8) is 0 Å². The zero-order valence-corrected chi connectivity index (χ0v) is 12.3. The topological polar surface area (TPSA) is 32.3 Å². The molecule has 1 N–H and O–H groups in total. The molecule has 2 rings (SSSR count). The maximum Gasteiger partial charge on any atom is 0.227 e. The highest BCUT2D eigenvalue weighted by Crippen LogP contribution is 2.22. The van der Waals surface area contributed by atoms with Gasteiger partial charge in [-0.05, 0) is 25.8 Å². The predicted octanol–water partition coefficient (Wildman–Crippen LogP) is 2.59. The van der Waals surface area contributed by atoms with Crippen LogP contribution in [0.15, 0.2) is 0 Å². The normalized spacial score (nSPS) is 25.9. The average molecular weight is 275 g/mol. The van der Waals surface area contributed by atoms with E-state index < -0.39 is 0 Å². The molecule has 2 fully saturated rings. The lowest BCUT2D eigenvalue weighted by Gasteiger charge is -2.31. The van der Waals surface area contributed by atoms with E-state index in [1.807, 2.05) is 7.05 Å². The summed E-state index contributed by atoms with van der Waals surface area (Å²) in [6.45, 7) is 1.89. The second-order valence-corrected chi connectivity index (χ2v) is 5.64. The van der Waals surface area contributed by atoms with Gasteiger partial charge in [-0.15, -0.1) is 12.4 Å². The molecule has 0 spiro atoms. The van der Waals surface area contributed by atoms with E-state index in [-0.39, 0.29) is 18.3 Å². The summed E-state index contributed by atoms with van der Waals surface area (Å²) in [5.41, 5.74) is 0. The summed E-state index contributed by atoms with van der Waals surface area (Å²) in [5.74, 6) is 0.617. The Balaban J connectivity index is 0.00000162. The van der Waals surface area contributed by atoms with Crippen molar-refractivity contribution >= 4 is 18.3 Å². The van der Waals surface area contributed by atoms with Gasteiger partial charge in [-0.2, -0.15) is 0 Å². The van der Waals surface area contributed by atoms with Gasteiger partial charge >= 0.3 is 0 Å². The van der Waals surface area contributed by atoms with E-state index in [1.54, 1.807) is 0 Å². The monoisotopic (exact) mass is 274 g/mol. The van der Waals surface area contributed by atoms with E-state index in [1.165, 1.54) is 44.9 Å². The fourth-order valence-corrected chi connectivity index (χ4v) is 3.16. The van der Waals surface area contributed by atoms with Crippen molar-refractivity contribution in [3.8, 4) is 0 Å². The summed E-state index contributed by atoms with van der Waals surface area (Å²) >= 11 is 0. The van der Waals surface area contributed by atoms with Gasteiger partial charge < -0.3 is 10.2 Å². The first kappa shape index (κ1) is 15.8. The van der Waals surface area contributed by atoms with E-state index in [0.717, 1.165) is 19.5 Å². The van der Waals surface area contributed by atoms with Crippen LogP contribution in [-0.2, 0) is 4.79 Å². The van der Waals surface area contributed by atoms with Crippen LogP contribution >= 0.6 is 12.4 Å². The minimum atomic E-state index is 0. The molecule has 0 bridgehead atoms. The highest BCUT2D eigenvalue weighted by atomic mass is 35.5. The van der Waals surface area contributed by atoms with Crippen LogP contribution in [0.25, 0.3) is 0 Å². The molecule has 0 aromatic rings. The summed E-state index contributed by atoms with van der Waals surface area (Å²) in [6.07, 6.45) is 10.1. The van der Waals surface area contributed by atoms with Gasteiger partial charge in [0.05, 0.1) is 5.92 Å². The summed E-state index contributed by atoms with van der Waals surface area (Å²) in [5, 5.41) is 3.29. The first-order valence-electron chi connectivity index (χ1n) is 7.26. The van der Waals surface area contributed by atoms with Gasteiger partial charge in [0, 0.05) is 19.6 Å². The second-order valence-electron chi connectivity index (χ2n) is 5.64. The molecule has 1 aliphatic carbocycles. The summed E-state index contributed by atoms with van der Waals surface area (Å²) < 4.78 is 0. The third kappa shape index (κ3) is 4.13. The molecule has 18 heavy (non-hydrogen) atoms. The Morgan fingerprint density at radius 2 is 1.67 bits per heavy atom. The second kappa shape index (κ2) is 8.00. The molecule has 2 aliphatic rings. The van der Waals surface area contributed by atoms with Crippen LogP contribution in [0.2, 0.25) is 0 Å². The Labute approximate surface area is 117 Å². The van der Waals surface area contributed by atoms with Crippen LogP contribution in [0.1, 0.15) is 51.4 Å². The third-order valence-corrected chi connectivity index (χ3v) is 4.38. The van der Waals surface area contributed by atoms with Crippen molar-refractivity contribution in [1.29, 1.82) is 0 Å². The number of rotatable bonds is 2. The molecule has 1 heterocycles. The Morgan fingerprint density at radius 3 is 2.22 bits per heavy atom. The van der Waals surface area contributed by atoms with Crippen LogP contribution in [-0.4, -0.2) is 37.0 Å². The van der Waals surface area contributed by atoms with Crippen molar-refractivity contribution in [2.24, 2.45) is 5.92 Å². The average Bonchev–Trinajstić information content (AvgIpc) is 2.80. The summed E-state index contributed by atoms with van der Waals surface area (Å²) in [7, 11) is 2.02. The lowest BCUT2D eigenvalue weighted by molar-refractivity contribution is -0.136. The van der Waals surface area contributed by atoms with Gasteiger partial charge in [0.25, 0.3) is 0 Å². The van der Waals surface area contributed by atoms with Crippen LogP contribution in [0.3, 0.4) is 0 Å². The molecule has 3 nitrogen and oxygen atoms in total. The maximum atomic E-state index is 12.3. The maximum absolute atomic E-state index is 12.3. The molecule has 106 valence electrons. The molecule has 0 radical (unpaired) electrons. The molecule has 1 aliphatic heterocycles. The quantitative estimate of drug-likeness (QED) is 0.839. The number of nitrogens with zero attached hydrogens (tertiary/aromatic N) is 1. The first-order valence-corrected chi connectivity index (χ1v) is 7.26. The Hall–Kier alpha value is -0.280. The van der Waals surface area contributed by atoms with E-state index in [4.69, 9.17) is 0 Å². The highest BCUT2D eigenvalue weighted by molar-refractivity contribution is 5.85. The number of carbonyl (C=O) groups excluding carboxylic acids is 1. The number of halogens is 1. The molecule has 4 heteroatoms. The van der Waals surface area contributed by atoms with Crippen molar-refractivity contribution in [2.75, 3.05) is 20.1 Å². The number of amides is 1. The van der Waals surface area contributed by atoms with Gasteiger partial charge in [0.1, 0.15) is 0 Å². The molecule has 0 aromatic carbocycles. The minimum absolute atomic E-state index is 0. The van der Waals surface area contributed by atoms with Gasteiger partial charge in [0.2, 0.25) is 5.91 Å². The van der Waals surface area contributed by atoms with Crippen molar-refractivity contribution in [3.05, 3.63) is 0 Å². The molecule has 1 unspecified atom stereocenters. The molecule has 0 aromatic heterocycles. The van der Waals surface area contributed by atoms with Crippen molar-refractivity contribution in [2.45, 2.75) is 57.4 Å². The van der Waals surface area contributed by atoms with Gasteiger partial charge in [0.15, 0.2) is 0 Å². The smallest absolute Gasteiger partial charge is 0.227 e. The lowest BCUT2D eigenvalue weighted by atomic mass is 9.95. The van der Waals surface area contributed by atoms with Crippen LogP contribution in [0.5, 0.6) is 0 Å². The highest BCUT2D eigenvalue weighted by Gasteiger charge is 2.28. The number of hydrogen-bond donors (Lipinski definition) is 1. The third-order valence-electron chi connectivity index (χ3n) is 4.38. The van der Waals surface area contributed by atoms with Gasteiger partial charge in [-0.1, -0.05) is 32.1 Å². The van der Waals surface area contributed by atoms with Crippen LogP contribution < -0.4 is 5.32 Å². The lowest BCUT2D eigenvalue weighted by Crippen LogP contribution is -2.41. The van der Waals surface area contributed by atoms with Gasteiger partial charge in [-0.25, -0.2) is 0 Å². The molecular weight excluding hydrogens is 248 g/mol. The van der Waals surface area contributed by atoms with Crippen molar-refractivity contribution in [1.82, 2.24) is 10.2 Å². The SMILES string of the molecule is CN(C(=O)C1CCNC1)C1CCCCCCC1.Cl. The summed E-state index contributed by atoms with van der Waals surface area (Å²) in [6, 6.07) is 0.503. The Morgan fingerprint density at radius 1 is 1.06 bits per heavy atom. The molecular formula is C14H27ClN2O. The first-order chi connectivity index (χ1) is 8.29. The predicted molar refractivity (Wildman–Crippen MR) is 77.1 cm³/mol. The largest absolute Gasteiger partial charge is 0.342 e. The molecule has 1 saturated carbocycles. The van der Waals surface area contributed by atoms with E-state index in [2.05, 4.69) is 10.2 Å². The zero-order chi connectivity index (χ0) is 12.1. The van der Waals surface area contributed by atoms with E-state index in [9.17, 15) is 4.79 Å². The number of hydrogen-bond acceptors (Lipinski definition) is 2. The molecule has 1 amide bonds. The van der Waals surface area contributed by atoms with E-state index in [0.29, 0.717) is 11.9 Å².